The molecule has 0 unspecified atom stereocenters. The quantitative estimate of drug-likeness (QED) is 0.888. The molecule has 0 radical (unpaired) electrons. The summed E-state index contributed by atoms with van der Waals surface area (Å²) in [5, 5.41) is 0. The Morgan fingerprint density at radius 2 is 1.87 bits per heavy atom. The molecule has 0 bridgehead atoms. The second-order valence-electron chi connectivity index (χ2n) is 6.18. The lowest BCUT2D eigenvalue weighted by Crippen LogP contribution is -2.39. The van der Waals surface area contributed by atoms with E-state index in [9.17, 15) is 21.6 Å². The lowest BCUT2D eigenvalue weighted by molar-refractivity contribution is -0.143. The maximum Gasteiger partial charge on any atom is 0.401 e. The zero-order chi connectivity index (χ0) is 17.3. The fourth-order valence-electron chi connectivity index (χ4n) is 2.65. The molecular formula is C15H21F3N2O2S. The molecule has 8 heteroatoms. The van der Waals surface area contributed by atoms with Crippen LogP contribution in [0.25, 0.3) is 0 Å². The molecule has 130 valence electrons. The molecule has 1 fully saturated rings. The summed E-state index contributed by atoms with van der Waals surface area (Å²) in [6, 6.07) is 6.07. The third-order valence-electron chi connectivity index (χ3n) is 3.85. The van der Waals surface area contributed by atoms with Gasteiger partial charge in [0.2, 0.25) is 10.0 Å². The van der Waals surface area contributed by atoms with Crippen molar-refractivity contribution < 1.29 is 21.6 Å². The van der Waals surface area contributed by atoms with Crippen LogP contribution < -0.4 is 4.72 Å². The van der Waals surface area contributed by atoms with E-state index in [-0.39, 0.29) is 18.0 Å². The highest BCUT2D eigenvalue weighted by atomic mass is 32.2. The minimum atomic E-state index is -4.26. The summed E-state index contributed by atoms with van der Waals surface area (Å²) in [5.41, 5.74) is 1.03. The number of hydrogen-bond donors (Lipinski definition) is 1. The van der Waals surface area contributed by atoms with Gasteiger partial charge in [-0.1, -0.05) is 26.0 Å². The topological polar surface area (TPSA) is 49.4 Å². The number of hydrogen-bond acceptors (Lipinski definition) is 3. The summed E-state index contributed by atoms with van der Waals surface area (Å²) in [6.45, 7) is 3.32. The number of halogens is 3. The Morgan fingerprint density at radius 1 is 1.26 bits per heavy atom. The van der Waals surface area contributed by atoms with Gasteiger partial charge in [0.1, 0.15) is 0 Å². The van der Waals surface area contributed by atoms with Gasteiger partial charge in [0.25, 0.3) is 0 Å². The Hall–Kier alpha value is -1.12. The van der Waals surface area contributed by atoms with Crippen molar-refractivity contribution in [1.29, 1.82) is 0 Å². The number of nitrogens with zero attached hydrogens (tertiary/aromatic N) is 1. The Bertz CT molecular complexity index is 627. The first-order valence-corrected chi connectivity index (χ1v) is 8.96. The largest absolute Gasteiger partial charge is 0.401 e. The van der Waals surface area contributed by atoms with E-state index in [1.165, 1.54) is 17.0 Å². The fraction of sp³-hybridized carbons (Fsp3) is 0.600. The van der Waals surface area contributed by atoms with Crippen LogP contribution >= 0.6 is 0 Å². The van der Waals surface area contributed by atoms with Crippen LogP contribution in [0.4, 0.5) is 13.2 Å². The van der Waals surface area contributed by atoms with Crippen molar-refractivity contribution in [3.8, 4) is 0 Å². The smallest absolute Gasteiger partial charge is 0.293 e. The summed E-state index contributed by atoms with van der Waals surface area (Å²) in [6.07, 6.45) is -3.89. The summed E-state index contributed by atoms with van der Waals surface area (Å²) in [4.78, 5) is 1.35. The van der Waals surface area contributed by atoms with Crippen LogP contribution in [0, 0.1) is 0 Å². The average Bonchev–Trinajstić information content (AvgIpc) is 2.83. The number of rotatable bonds is 5. The second kappa shape index (κ2) is 6.78. The molecule has 1 aromatic rings. The molecular weight excluding hydrogens is 329 g/mol. The minimum Gasteiger partial charge on any atom is -0.293 e. The van der Waals surface area contributed by atoms with Crippen molar-refractivity contribution in [3.63, 3.8) is 0 Å². The second-order valence-corrected chi connectivity index (χ2v) is 7.89. The van der Waals surface area contributed by atoms with E-state index in [4.69, 9.17) is 0 Å². The van der Waals surface area contributed by atoms with Crippen molar-refractivity contribution >= 4 is 10.0 Å². The van der Waals surface area contributed by atoms with E-state index in [2.05, 4.69) is 4.72 Å². The van der Waals surface area contributed by atoms with Gasteiger partial charge in [-0.25, -0.2) is 13.1 Å². The van der Waals surface area contributed by atoms with Gasteiger partial charge in [0, 0.05) is 19.1 Å². The van der Waals surface area contributed by atoms with Gasteiger partial charge < -0.3 is 0 Å². The molecule has 0 aliphatic carbocycles. The van der Waals surface area contributed by atoms with E-state index < -0.39 is 28.8 Å². The Labute approximate surface area is 134 Å². The molecule has 1 atom stereocenters. The standard InChI is InChI=1S/C15H21F3N2O2S/c1-11(2)12-3-5-14(6-4-12)23(21,22)19-13-7-8-20(9-13)10-15(16,17)18/h3-6,11,13,19H,7-10H2,1-2H3/t13-/m0/s1. The highest BCUT2D eigenvalue weighted by Gasteiger charge is 2.35. The summed E-state index contributed by atoms with van der Waals surface area (Å²) in [5.74, 6) is 0.297. The number of likely N-dealkylation sites (tertiary alicyclic amines) is 1. The lowest BCUT2D eigenvalue weighted by atomic mass is 10.0. The molecule has 1 aliphatic heterocycles. The molecule has 1 aromatic carbocycles. The number of nitrogens with one attached hydrogen (secondary N) is 1. The molecule has 1 saturated heterocycles. The maximum atomic E-state index is 12.4. The Morgan fingerprint density at radius 3 is 2.39 bits per heavy atom. The summed E-state index contributed by atoms with van der Waals surface area (Å²) >= 11 is 0. The van der Waals surface area contributed by atoms with Gasteiger partial charge in [0.05, 0.1) is 11.4 Å². The third kappa shape index (κ3) is 5.19. The minimum absolute atomic E-state index is 0.0722. The molecule has 0 spiro atoms. The predicted molar refractivity (Wildman–Crippen MR) is 81.8 cm³/mol. The predicted octanol–water partition coefficient (Wildman–Crippen LogP) is 2.72. The van der Waals surface area contributed by atoms with E-state index in [1.807, 2.05) is 13.8 Å². The van der Waals surface area contributed by atoms with Gasteiger partial charge in [-0.15, -0.1) is 0 Å². The molecule has 0 saturated carbocycles. The van der Waals surface area contributed by atoms with Gasteiger partial charge in [0.15, 0.2) is 0 Å². The highest BCUT2D eigenvalue weighted by molar-refractivity contribution is 7.89. The molecule has 1 N–H and O–H groups in total. The monoisotopic (exact) mass is 350 g/mol. The summed E-state index contributed by atoms with van der Waals surface area (Å²) < 4.78 is 64.2. The van der Waals surface area contributed by atoms with E-state index in [1.54, 1.807) is 12.1 Å². The van der Waals surface area contributed by atoms with Crippen LogP contribution in [-0.4, -0.2) is 45.2 Å². The van der Waals surface area contributed by atoms with Gasteiger partial charge in [-0.2, -0.15) is 13.2 Å². The molecule has 0 aromatic heterocycles. The van der Waals surface area contributed by atoms with E-state index in [0.29, 0.717) is 12.3 Å². The van der Waals surface area contributed by atoms with Gasteiger partial charge in [-0.3, -0.25) is 4.90 Å². The Kier molecular flexibility index (Phi) is 5.37. The first kappa shape index (κ1) is 18.2. The Balaban J connectivity index is 1.99. The van der Waals surface area contributed by atoms with Crippen LogP contribution in [-0.2, 0) is 10.0 Å². The van der Waals surface area contributed by atoms with Gasteiger partial charge >= 0.3 is 6.18 Å². The molecule has 0 amide bonds. The van der Waals surface area contributed by atoms with Crippen LogP contribution in [0.2, 0.25) is 0 Å². The fourth-order valence-corrected chi connectivity index (χ4v) is 3.91. The zero-order valence-electron chi connectivity index (χ0n) is 13.1. The van der Waals surface area contributed by atoms with E-state index >= 15 is 0 Å². The van der Waals surface area contributed by atoms with Crippen LogP contribution in [0.15, 0.2) is 29.2 Å². The molecule has 1 heterocycles. The number of benzene rings is 1. The number of sulfonamides is 1. The van der Waals surface area contributed by atoms with Crippen molar-refractivity contribution in [1.82, 2.24) is 9.62 Å². The van der Waals surface area contributed by atoms with Crippen LogP contribution in [0.3, 0.4) is 0 Å². The highest BCUT2D eigenvalue weighted by Crippen LogP contribution is 2.22. The normalized spacial score (nSPS) is 20.3. The van der Waals surface area contributed by atoms with E-state index in [0.717, 1.165) is 5.56 Å². The average molecular weight is 350 g/mol. The molecule has 1 aliphatic rings. The molecule has 23 heavy (non-hydrogen) atoms. The lowest BCUT2D eigenvalue weighted by Gasteiger charge is -2.18. The van der Waals surface area contributed by atoms with Crippen LogP contribution in [0.5, 0.6) is 0 Å². The van der Waals surface area contributed by atoms with Gasteiger partial charge in [-0.05, 0) is 30.0 Å². The zero-order valence-corrected chi connectivity index (χ0v) is 13.9. The third-order valence-corrected chi connectivity index (χ3v) is 5.39. The van der Waals surface area contributed by atoms with Crippen molar-refractivity contribution in [2.75, 3.05) is 19.6 Å². The van der Waals surface area contributed by atoms with Crippen molar-refractivity contribution in [2.45, 2.75) is 43.3 Å². The van der Waals surface area contributed by atoms with Crippen molar-refractivity contribution in [3.05, 3.63) is 29.8 Å². The SMILES string of the molecule is CC(C)c1ccc(S(=O)(=O)N[C@H]2CCN(CC(F)(F)F)C2)cc1. The maximum absolute atomic E-state index is 12.4. The van der Waals surface area contributed by atoms with Crippen LogP contribution in [0.1, 0.15) is 31.7 Å². The molecule has 4 nitrogen and oxygen atoms in total. The first-order valence-electron chi connectivity index (χ1n) is 7.48. The summed E-state index contributed by atoms with van der Waals surface area (Å²) in [7, 11) is -3.71. The first-order chi connectivity index (χ1) is 10.6. The van der Waals surface area contributed by atoms with Crippen molar-refractivity contribution in [2.24, 2.45) is 0 Å². The number of alkyl halides is 3. The molecule has 2 rings (SSSR count).